The van der Waals surface area contributed by atoms with Gasteiger partial charge >= 0.3 is 0 Å². The van der Waals surface area contributed by atoms with Crippen molar-refractivity contribution in [3.05, 3.63) is 22.9 Å². The largest absolute Gasteiger partial charge is 0.381 e. The number of aromatic nitrogens is 1. The van der Waals surface area contributed by atoms with Crippen molar-refractivity contribution in [2.45, 2.75) is 45.6 Å². The number of nitrogens with zero attached hydrogens (tertiary/aromatic N) is 1. The third-order valence-corrected chi connectivity index (χ3v) is 2.97. The highest BCUT2D eigenvalue weighted by Crippen LogP contribution is 2.14. The van der Waals surface area contributed by atoms with Gasteiger partial charge in [-0.1, -0.05) is 26.7 Å². The molecule has 0 aromatic carbocycles. The zero-order valence-corrected chi connectivity index (χ0v) is 11.0. The van der Waals surface area contributed by atoms with Gasteiger partial charge in [-0.15, -0.1) is 0 Å². The van der Waals surface area contributed by atoms with Crippen LogP contribution in [0.3, 0.4) is 0 Å². The van der Waals surface area contributed by atoms with Crippen molar-refractivity contribution >= 4 is 21.6 Å². The fraction of sp³-hybridized carbons (Fsp3) is 0.583. The van der Waals surface area contributed by atoms with Crippen LogP contribution in [0.2, 0.25) is 0 Å². The molecule has 0 radical (unpaired) electrons. The van der Waals surface area contributed by atoms with Crippen LogP contribution in [0, 0.1) is 0 Å². The van der Waals surface area contributed by atoms with Crippen molar-refractivity contribution in [2.75, 3.05) is 5.32 Å². The van der Waals surface area contributed by atoms with Gasteiger partial charge in [0, 0.05) is 6.04 Å². The Bertz CT molecular complexity index is 271. The highest BCUT2D eigenvalue weighted by atomic mass is 79.9. The Balaban J connectivity index is 2.47. The van der Waals surface area contributed by atoms with Crippen molar-refractivity contribution in [2.24, 2.45) is 0 Å². The normalized spacial score (nSPS) is 12.5. The number of hydrogen-bond donors (Lipinski definition) is 1. The Morgan fingerprint density at radius 1 is 1.40 bits per heavy atom. The van der Waals surface area contributed by atoms with Crippen LogP contribution in [-0.4, -0.2) is 11.0 Å². The molecule has 1 unspecified atom stereocenters. The molecule has 1 aromatic rings. The summed E-state index contributed by atoms with van der Waals surface area (Å²) in [5.74, 6) is 0. The highest BCUT2D eigenvalue weighted by Gasteiger charge is 2.05. The lowest BCUT2D eigenvalue weighted by Gasteiger charge is -2.17. The van der Waals surface area contributed by atoms with Gasteiger partial charge in [0.2, 0.25) is 0 Å². The first-order chi connectivity index (χ1) is 7.26. The molecule has 3 heteroatoms. The molecular weight excluding hydrogens is 252 g/mol. The second-order valence-corrected chi connectivity index (χ2v) is 4.57. The van der Waals surface area contributed by atoms with Gasteiger partial charge in [-0.3, -0.25) is 0 Å². The quantitative estimate of drug-likeness (QED) is 0.783. The summed E-state index contributed by atoms with van der Waals surface area (Å²) in [5, 5.41) is 3.51. The van der Waals surface area contributed by atoms with E-state index in [2.05, 4.69) is 46.1 Å². The summed E-state index contributed by atoms with van der Waals surface area (Å²) in [6.45, 7) is 4.45. The summed E-state index contributed by atoms with van der Waals surface area (Å²) < 4.78 is 0.884. The molecule has 0 aliphatic carbocycles. The Morgan fingerprint density at radius 2 is 2.20 bits per heavy atom. The van der Waals surface area contributed by atoms with E-state index >= 15 is 0 Å². The minimum Gasteiger partial charge on any atom is -0.381 e. The van der Waals surface area contributed by atoms with Gasteiger partial charge < -0.3 is 5.32 Å². The number of nitrogens with one attached hydrogen (secondary N) is 1. The van der Waals surface area contributed by atoms with E-state index in [-0.39, 0.29) is 0 Å². The molecule has 1 N–H and O–H groups in total. The van der Waals surface area contributed by atoms with Gasteiger partial charge in [-0.25, -0.2) is 4.98 Å². The number of anilines is 1. The zero-order valence-electron chi connectivity index (χ0n) is 9.46. The number of rotatable bonds is 6. The van der Waals surface area contributed by atoms with E-state index in [4.69, 9.17) is 0 Å². The smallest absolute Gasteiger partial charge is 0.106 e. The monoisotopic (exact) mass is 270 g/mol. The molecule has 1 rings (SSSR count). The molecule has 84 valence electrons. The molecule has 0 bridgehead atoms. The second-order valence-electron chi connectivity index (χ2n) is 3.76. The fourth-order valence-electron chi connectivity index (χ4n) is 1.53. The van der Waals surface area contributed by atoms with Crippen molar-refractivity contribution < 1.29 is 0 Å². The molecule has 0 amide bonds. The molecule has 1 aromatic heterocycles. The lowest BCUT2D eigenvalue weighted by Crippen LogP contribution is -2.18. The van der Waals surface area contributed by atoms with Crippen LogP contribution in [0.25, 0.3) is 0 Å². The van der Waals surface area contributed by atoms with Gasteiger partial charge in [-0.05, 0) is 40.9 Å². The SMILES string of the molecule is CCCCC(CC)Nc1ccc(Br)nc1. The van der Waals surface area contributed by atoms with E-state index < -0.39 is 0 Å². The Kier molecular flexibility index (Phi) is 5.69. The van der Waals surface area contributed by atoms with Crippen molar-refractivity contribution in [1.29, 1.82) is 0 Å². The summed E-state index contributed by atoms with van der Waals surface area (Å²) in [5.41, 5.74) is 1.11. The number of halogens is 1. The molecule has 0 fully saturated rings. The first-order valence-electron chi connectivity index (χ1n) is 5.64. The van der Waals surface area contributed by atoms with E-state index in [1.807, 2.05) is 12.3 Å². The molecule has 1 heterocycles. The molecule has 0 aliphatic rings. The van der Waals surface area contributed by atoms with Gasteiger partial charge in [-0.2, -0.15) is 0 Å². The zero-order chi connectivity index (χ0) is 11.1. The summed E-state index contributed by atoms with van der Waals surface area (Å²) in [4.78, 5) is 4.20. The first kappa shape index (κ1) is 12.5. The van der Waals surface area contributed by atoms with Crippen molar-refractivity contribution in [1.82, 2.24) is 4.98 Å². The van der Waals surface area contributed by atoms with Crippen LogP contribution in [-0.2, 0) is 0 Å². The van der Waals surface area contributed by atoms with Crippen LogP contribution in [0.4, 0.5) is 5.69 Å². The third-order valence-electron chi connectivity index (χ3n) is 2.50. The van der Waals surface area contributed by atoms with E-state index in [0.29, 0.717) is 6.04 Å². The molecule has 2 nitrogen and oxygen atoms in total. The predicted molar refractivity (Wildman–Crippen MR) is 69.2 cm³/mol. The molecule has 0 saturated heterocycles. The van der Waals surface area contributed by atoms with E-state index in [9.17, 15) is 0 Å². The van der Waals surface area contributed by atoms with Crippen LogP contribution in [0.1, 0.15) is 39.5 Å². The van der Waals surface area contributed by atoms with Gasteiger partial charge in [0.1, 0.15) is 4.60 Å². The fourth-order valence-corrected chi connectivity index (χ4v) is 1.76. The maximum atomic E-state index is 4.20. The lowest BCUT2D eigenvalue weighted by atomic mass is 10.1. The number of pyridine rings is 1. The Morgan fingerprint density at radius 3 is 2.73 bits per heavy atom. The lowest BCUT2D eigenvalue weighted by molar-refractivity contribution is 0.593. The minimum absolute atomic E-state index is 0.577. The van der Waals surface area contributed by atoms with E-state index in [0.717, 1.165) is 16.7 Å². The molecule has 0 aliphatic heterocycles. The van der Waals surface area contributed by atoms with Crippen LogP contribution in [0.5, 0.6) is 0 Å². The standard InChI is InChI=1S/C12H19BrN2/c1-3-5-6-10(4-2)15-11-7-8-12(13)14-9-11/h7-10,15H,3-6H2,1-2H3. The average Bonchev–Trinajstić information content (AvgIpc) is 2.27. The molecule has 15 heavy (non-hydrogen) atoms. The highest BCUT2D eigenvalue weighted by molar-refractivity contribution is 9.10. The predicted octanol–water partition coefficient (Wildman–Crippen LogP) is 4.22. The first-order valence-corrected chi connectivity index (χ1v) is 6.43. The van der Waals surface area contributed by atoms with Crippen LogP contribution in [0.15, 0.2) is 22.9 Å². The number of unbranched alkanes of at least 4 members (excludes halogenated alkanes) is 1. The third kappa shape index (κ3) is 4.65. The summed E-state index contributed by atoms with van der Waals surface area (Å²) in [6, 6.07) is 4.61. The van der Waals surface area contributed by atoms with E-state index in [1.54, 1.807) is 0 Å². The molecule has 0 spiro atoms. The Hall–Kier alpha value is -0.570. The van der Waals surface area contributed by atoms with Gasteiger partial charge in [0.05, 0.1) is 11.9 Å². The van der Waals surface area contributed by atoms with Crippen LogP contribution >= 0.6 is 15.9 Å². The van der Waals surface area contributed by atoms with Crippen molar-refractivity contribution in [3.8, 4) is 0 Å². The summed E-state index contributed by atoms with van der Waals surface area (Å²) in [6.07, 6.45) is 6.82. The minimum atomic E-state index is 0.577. The molecule has 1 atom stereocenters. The van der Waals surface area contributed by atoms with Gasteiger partial charge in [0.15, 0.2) is 0 Å². The number of hydrogen-bond acceptors (Lipinski definition) is 2. The maximum absolute atomic E-state index is 4.20. The summed E-state index contributed by atoms with van der Waals surface area (Å²) in [7, 11) is 0. The molecular formula is C12H19BrN2. The van der Waals surface area contributed by atoms with Crippen molar-refractivity contribution in [3.63, 3.8) is 0 Å². The van der Waals surface area contributed by atoms with Crippen LogP contribution < -0.4 is 5.32 Å². The summed E-state index contributed by atoms with van der Waals surface area (Å²) >= 11 is 3.33. The van der Waals surface area contributed by atoms with Gasteiger partial charge in [0.25, 0.3) is 0 Å². The Labute approximate surface area is 101 Å². The molecule has 0 saturated carbocycles. The maximum Gasteiger partial charge on any atom is 0.106 e. The second kappa shape index (κ2) is 6.83. The average molecular weight is 271 g/mol. The van der Waals surface area contributed by atoms with E-state index in [1.165, 1.54) is 19.3 Å². The topological polar surface area (TPSA) is 24.9 Å².